The maximum absolute atomic E-state index is 11.1. The SMILES string of the molecule is CC1(C)CC=C(c2ccc(-c3ccccc3)cc2)c2ccc([Se]C#Cc3ccc(C(=O)O)cc3O)cc21. The Labute approximate surface area is 223 Å². The first-order valence-electron chi connectivity index (χ1n) is 12.1. The second-order valence-electron chi connectivity index (χ2n) is 9.72. The normalized spacial score (nSPS) is 13.6. The second-order valence-corrected chi connectivity index (χ2v) is 11.6. The molecule has 0 amide bonds. The van der Waals surface area contributed by atoms with Gasteiger partial charge in [0.05, 0.1) is 0 Å². The van der Waals surface area contributed by atoms with Crippen LogP contribution >= 0.6 is 0 Å². The van der Waals surface area contributed by atoms with Crippen LogP contribution in [0.3, 0.4) is 0 Å². The van der Waals surface area contributed by atoms with Gasteiger partial charge in [0.15, 0.2) is 0 Å². The van der Waals surface area contributed by atoms with Gasteiger partial charge in [-0.2, -0.15) is 0 Å². The third kappa shape index (κ3) is 5.25. The van der Waals surface area contributed by atoms with E-state index in [4.69, 9.17) is 5.11 Å². The van der Waals surface area contributed by atoms with Crippen LogP contribution in [-0.2, 0) is 5.41 Å². The van der Waals surface area contributed by atoms with E-state index >= 15 is 0 Å². The van der Waals surface area contributed by atoms with Crippen molar-refractivity contribution < 1.29 is 15.0 Å². The molecule has 0 radical (unpaired) electrons. The van der Waals surface area contributed by atoms with Crippen LogP contribution in [-0.4, -0.2) is 31.1 Å². The Kier molecular flexibility index (Phi) is 6.76. The zero-order valence-electron chi connectivity index (χ0n) is 20.7. The van der Waals surface area contributed by atoms with E-state index in [9.17, 15) is 9.90 Å². The number of hydrogen-bond acceptors (Lipinski definition) is 2. The number of carbonyl (C=O) groups is 1. The first kappa shape index (κ1) is 24.7. The molecule has 37 heavy (non-hydrogen) atoms. The average Bonchev–Trinajstić information content (AvgIpc) is 2.90. The molecule has 0 heterocycles. The van der Waals surface area contributed by atoms with E-state index in [1.54, 1.807) is 6.07 Å². The fourth-order valence-corrected chi connectivity index (χ4v) is 5.86. The fraction of sp³-hybridized carbons (Fsp3) is 0.121. The standard InChI is InChI=1S/C33H26O3Se/c1-33(2)18-16-28(24-10-8-23(9-11-24)22-6-4-3-5-7-22)29-15-14-27(21-30(29)33)37-19-17-25-12-13-26(32(35)36)20-31(25)34/h3-16,20-21,34H,18H2,1-2H3,(H,35,36). The Morgan fingerprint density at radius 3 is 2.27 bits per heavy atom. The van der Waals surface area contributed by atoms with Crippen molar-refractivity contribution in [1.82, 2.24) is 0 Å². The van der Waals surface area contributed by atoms with Gasteiger partial charge >= 0.3 is 218 Å². The van der Waals surface area contributed by atoms with Crippen molar-refractivity contribution in [3.05, 3.63) is 125 Å². The summed E-state index contributed by atoms with van der Waals surface area (Å²) in [5, 5.41) is 19.2. The summed E-state index contributed by atoms with van der Waals surface area (Å²) in [7, 11) is 0. The third-order valence-electron chi connectivity index (χ3n) is 6.73. The molecule has 0 aromatic heterocycles. The number of aromatic carboxylic acids is 1. The van der Waals surface area contributed by atoms with Crippen LogP contribution in [0.2, 0.25) is 0 Å². The van der Waals surface area contributed by atoms with Crippen molar-refractivity contribution in [2.24, 2.45) is 0 Å². The number of aromatic hydroxyl groups is 1. The zero-order valence-corrected chi connectivity index (χ0v) is 22.4. The number of benzene rings is 4. The first-order chi connectivity index (χ1) is 17.8. The van der Waals surface area contributed by atoms with Crippen LogP contribution in [0, 0.1) is 10.7 Å². The molecule has 1 aliphatic carbocycles. The fourth-order valence-electron chi connectivity index (χ4n) is 4.61. The molecule has 0 bridgehead atoms. The van der Waals surface area contributed by atoms with Gasteiger partial charge in [-0.3, -0.25) is 0 Å². The number of phenolic OH excluding ortho intramolecular Hbond substituents is 1. The topological polar surface area (TPSA) is 57.5 Å². The molecular weight excluding hydrogens is 523 g/mol. The van der Waals surface area contributed by atoms with Crippen LogP contribution in [0.25, 0.3) is 16.7 Å². The van der Waals surface area contributed by atoms with E-state index in [0.717, 1.165) is 6.42 Å². The maximum atomic E-state index is 11.1. The second kappa shape index (κ2) is 10.1. The van der Waals surface area contributed by atoms with Crippen molar-refractivity contribution in [2.75, 3.05) is 0 Å². The molecule has 4 aromatic rings. The number of rotatable bonds is 4. The Morgan fingerprint density at radius 1 is 0.865 bits per heavy atom. The number of carboxylic acid groups (broad SMARTS) is 1. The number of carboxylic acids is 1. The Hall–Kier alpha value is -4.03. The molecule has 5 rings (SSSR count). The van der Waals surface area contributed by atoms with Gasteiger partial charge in [-0.05, 0) is 0 Å². The average molecular weight is 550 g/mol. The summed E-state index contributed by atoms with van der Waals surface area (Å²) in [6, 6.07) is 30.1. The van der Waals surface area contributed by atoms with E-state index in [-0.39, 0.29) is 31.7 Å². The Balaban J connectivity index is 1.40. The summed E-state index contributed by atoms with van der Waals surface area (Å²) in [4.78, 5) is 14.3. The van der Waals surface area contributed by atoms with E-state index in [2.05, 4.69) is 97.4 Å². The van der Waals surface area contributed by atoms with Crippen LogP contribution in [0.15, 0.2) is 97.1 Å². The third-order valence-corrected chi connectivity index (χ3v) is 8.18. The first-order valence-corrected chi connectivity index (χ1v) is 13.8. The van der Waals surface area contributed by atoms with Gasteiger partial charge in [0.2, 0.25) is 0 Å². The summed E-state index contributed by atoms with van der Waals surface area (Å²) >= 11 is -0.109. The van der Waals surface area contributed by atoms with Gasteiger partial charge < -0.3 is 0 Å². The van der Waals surface area contributed by atoms with Gasteiger partial charge in [0, 0.05) is 0 Å². The van der Waals surface area contributed by atoms with Crippen LogP contribution in [0.4, 0.5) is 0 Å². The molecule has 2 N–H and O–H groups in total. The minimum atomic E-state index is -1.07. The monoisotopic (exact) mass is 550 g/mol. The molecular formula is C33H26O3Se. The van der Waals surface area contributed by atoms with Crippen LogP contribution in [0.5, 0.6) is 5.75 Å². The van der Waals surface area contributed by atoms with Gasteiger partial charge in [-0.1, -0.05) is 6.07 Å². The van der Waals surface area contributed by atoms with Gasteiger partial charge in [-0.15, -0.1) is 0 Å². The Bertz CT molecular complexity index is 1570. The van der Waals surface area contributed by atoms with E-state index in [1.807, 2.05) is 6.07 Å². The van der Waals surface area contributed by atoms with Crippen molar-refractivity contribution in [3.63, 3.8) is 0 Å². The summed E-state index contributed by atoms with van der Waals surface area (Å²) in [6.07, 6.45) is 3.32. The molecule has 0 unspecified atom stereocenters. The number of fused-ring (bicyclic) bond motifs is 1. The molecule has 0 saturated heterocycles. The predicted molar refractivity (Wildman–Crippen MR) is 150 cm³/mol. The molecule has 3 nitrogen and oxygen atoms in total. The molecule has 0 fully saturated rings. The number of hydrogen-bond donors (Lipinski definition) is 2. The molecule has 0 saturated carbocycles. The summed E-state index contributed by atoms with van der Waals surface area (Å²) < 4.78 is 1.18. The van der Waals surface area contributed by atoms with Gasteiger partial charge in [-0.25, -0.2) is 0 Å². The van der Waals surface area contributed by atoms with Gasteiger partial charge in [0.1, 0.15) is 0 Å². The molecule has 0 aliphatic heterocycles. The van der Waals surface area contributed by atoms with Crippen LogP contribution in [0.1, 0.15) is 52.9 Å². The molecule has 4 heteroatoms. The van der Waals surface area contributed by atoms with Gasteiger partial charge in [0.25, 0.3) is 0 Å². The minimum absolute atomic E-state index is 0.0211. The summed E-state index contributed by atoms with van der Waals surface area (Å²) in [5.74, 6) is 1.82. The number of phenols is 1. The van der Waals surface area contributed by atoms with E-state index < -0.39 is 5.97 Å². The van der Waals surface area contributed by atoms with E-state index in [0.29, 0.717) is 5.56 Å². The molecule has 0 spiro atoms. The summed E-state index contributed by atoms with van der Waals surface area (Å²) in [6.45, 7) is 4.56. The number of allylic oxidation sites excluding steroid dienone is 1. The summed E-state index contributed by atoms with van der Waals surface area (Å²) in [5.41, 5.74) is 8.00. The molecule has 182 valence electrons. The zero-order chi connectivity index (χ0) is 26.0. The molecule has 4 aromatic carbocycles. The van der Waals surface area contributed by atoms with E-state index in [1.165, 1.54) is 50.0 Å². The van der Waals surface area contributed by atoms with Crippen molar-refractivity contribution in [2.45, 2.75) is 25.7 Å². The van der Waals surface area contributed by atoms with Crippen molar-refractivity contribution >= 4 is 31.0 Å². The Morgan fingerprint density at radius 2 is 1.57 bits per heavy atom. The van der Waals surface area contributed by atoms with Crippen molar-refractivity contribution in [3.8, 4) is 27.6 Å². The van der Waals surface area contributed by atoms with Crippen LogP contribution < -0.4 is 4.46 Å². The molecule has 0 atom stereocenters. The van der Waals surface area contributed by atoms with Crippen molar-refractivity contribution in [1.29, 1.82) is 0 Å². The quantitative estimate of drug-likeness (QED) is 0.235. The predicted octanol–water partition coefficient (Wildman–Crippen LogP) is 6.21. The molecule has 1 aliphatic rings.